The maximum atomic E-state index is 12.5. The van der Waals surface area contributed by atoms with Crippen LogP contribution in [-0.2, 0) is 19.7 Å². The summed E-state index contributed by atoms with van der Waals surface area (Å²) in [6.45, 7) is 0. The minimum absolute atomic E-state index is 0.0181. The average Bonchev–Trinajstić information content (AvgIpc) is 2.71. The van der Waals surface area contributed by atoms with E-state index in [9.17, 15) is 28.1 Å². The smallest absolute Gasteiger partial charge is 0.339 e. The Labute approximate surface area is 180 Å². The molecule has 1 fully saturated rings. The van der Waals surface area contributed by atoms with E-state index in [1.165, 1.54) is 37.5 Å². The monoisotopic (exact) mass is 463 g/mol. The zero-order chi connectivity index (χ0) is 22.8. The molecule has 0 spiro atoms. The molecule has 2 amide bonds. The van der Waals surface area contributed by atoms with E-state index in [1.54, 1.807) is 0 Å². The van der Waals surface area contributed by atoms with Gasteiger partial charge in [0.25, 0.3) is 17.5 Å². The SMILES string of the molecule is COc1cc(C=C2C(=O)NC(=S)NC2=O)ccc1OS(=O)(=O)c1cccc([N+](=O)[O-])c1. The molecule has 0 atom stereocenters. The van der Waals surface area contributed by atoms with Crippen LogP contribution in [0.3, 0.4) is 0 Å². The van der Waals surface area contributed by atoms with Crippen LogP contribution >= 0.6 is 12.2 Å². The number of carbonyl (C=O) groups is 2. The van der Waals surface area contributed by atoms with Gasteiger partial charge in [-0.3, -0.25) is 30.3 Å². The summed E-state index contributed by atoms with van der Waals surface area (Å²) in [7, 11) is -3.15. The van der Waals surface area contributed by atoms with Crippen molar-refractivity contribution in [2.45, 2.75) is 4.90 Å². The molecule has 3 rings (SSSR count). The van der Waals surface area contributed by atoms with Gasteiger partial charge in [-0.1, -0.05) is 12.1 Å². The summed E-state index contributed by atoms with van der Waals surface area (Å²) in [5.74, 6) is -1.60. The lowest BCUT2D eigenvalue weighted by molar-refractivity contribution is -0.385. The molecule has 0 unspecified atom stereocenters. The predicted molar refractivity (Wildman–Crippen MR) is 111 cm³/mol. The summed E-state index contributed by atoms with van der Waals surface area (Å²) in [6, 6.07) is 8.37. The van der Waals surface area contributed by atoms with Crippen LogP contribution in [0.25, 0.3) is 6.08 Å². The van der Waals surface area contributed by atoms with Crippen LogP contribution in [0, 0.1) is 10.1 Å². The molecule has 1 saturated heterocycles. The lowest BCUT2D eigenvalue weighted by Crippen LogP contribution is -2.51. The molecular formula is C18H13N3O8S2. The topological polar surface area (TPSA) is 154 Å². The average molecular weight is 463 g/mol. The minimum Gasteiger partial charge on any atom is -0.493 e. The van der Waals surface area contributed by atoms with E-state index in [0.717, 1.165) is 18.2 Å². The number of amides is 2. The van der Waals surface area contributed by atoms with Crippen molar-refractivity contribution in [2.75, 3.05) is 7.11 Å². The molecule has 11 nitrogen and oxygen atoms in total. The van der Waals surface area contributed by atoms with Gasteiger partial charge in [0, 0.05) is 12.1 Å². The highest BCUT2D eigenvalue weighted by Crippen LogP contribution is 2.32. The fourth-order valence-electron chi connectivity index (χ4n) is 2.53. The van der Waals surface area contributed by atoms with Crippen LogP contribution in [0.1, 0.15) is 5.56 Å². The normalized spacial score (nSPS) is 13.8. The third kappa shape index (κ3) is 4.84. The highest BCUT2D eigenvalue weighted by atomic mass is 32.2. The molecule has 2 N–H and O–H groups in total. The lowest BCUT2D eigenvalue weighted by atomic mass is 10.1. The maximum Gasteiger partial charge on any atom is 0.339 e. The number of nitrogens with zero attached hydrogens (tertiary/aromatic N) is 1. The van der Waals surface area contributed by atoms with Gasteiger partial charge in [-0.2, -0.15) is 8.42 Å². The van der Waals surface area contributed by atoms with Crippen molar-refractivity contribution < 1.29 is 31.9 Å². The maximum absolute atomic E-state index is 12.5. The second-order valence-corrected chi connectivity index (χ2v) is 7.95. The zero-order valence-corrected chi connectivity index (χ0v) is 17.3. The third-order valence-electron chi connectivity index (χ3n) is 3.96. The number of nitrogens with one attached hydrogen (secondary N) is 2. The molecule has 2 aromatic carbocycles. The molecule has 0 radical (unpaired) electrons. The number of methoxy groups -OCH3 is 1. The van der Waals surface area contributed by atoms with Crippen LogP contribution < -0.4 is 19.6 Å². The summed E-state index contributed by atoms with van der Waals surface area (Å²) >= 11 is 4.73. The second-order valence-electron chi connectivity index (χ2n) is 6.00. The summed E-state index contributed by atoms with van der Waals surface area (Å²) in [5, 5.41) is 15.4. The van der Waals surface area contributed by atoms with Gasteiger partial charge in [0.05, 0.1) is 12.0 Å². The van der Waals surface area contributed by atoms with Gasteiger partial charge >= 0.3 is 10.1 Å². The number of nitro benzene ring substituents is 1. The number of thiocarbonyl (C=S) groups is 1. The molecule has 2 aromatic rings. The summed E-state index contributed by atoms with van der Waals surface area (Å²) in [6.07, 6.45) is 1.26. The largest absolute Gasteiger partial charge is 0.493 e. The Hall–Kier alpha value is -3.84. The predicted octanol–water partition coefficient (Wildman–Crippen LogP) is 1.29. The van der Waals surface area contributed by atoms with E-state index >= 15 is 0 Å². The van der Waals surface area contributed by atoms with Gasteiger partial charge < -0.3 is 8.92 Å². The number of ether oxygens (including phenoxy) is 1. The van der Waals surface area contributed by atoms with E-state index < -0.39 is 37.4 Å². The lowest BCUT2D eigenvalue weighted by Gasteiger charge is -2.16. The Balaban J connectivity index is 1.92. The summed E-state index contributed by atoms with van der Waals surface area (Å²) in [5.41, 5.74) is -0.291. The van der Waals surface area contributed by atoms with Crippen molar-refractivity contribution in [2.24, 2.45) is 0 Å². The number of hydrogen-bond acceptors (Lipinski definition) is 9. The van der Waals surface area contributed by atoms with Crippen LogP contribution in [0.4, 0.5) is 5.69 Å². The quantitative estimate of drug-likeness (QED) is 0.161. The van der Waals surface area contributed by atoms with Crippen molar-refractivity contribution in [3.63, 3.8) is 0 Å². The molecular weight excluding hydrogens is 450 g/mol. The Bertz CT molecular complexity index is 1230. The van der Waals surface area contributed by atoms with Gasteiger partial charge in [0.15, 0.2) is 16.6 Å². The molecule has 0 saturated carbocycles. The molecule has 13 heteroatoms. The van der Waals surface area contributed by atoms with Crippen LogP contribution in [-0.4, -0.2) is 37.4 Å². The first kappa shape index (κ1) is 21.9. The van der Waals surface area contributed by atoms with Crippen molar-refractivity contribution >= 4 is 51.0 Å². The number of benzene rings is 2. The Morgan fingerprint density at radius 3 is 2.35 bits per heavy atom. The van der Waals surface area contributed by atoms with Crippen LogP contribution in [0.5, 0.6) is 11.5 Å². The van der Waals surface area contributed by atoms with Crippen molar-refractivity contribution in [1.82, 2.24) is 10.6 Å². The van der Waals surface area contributed by atoms with Gasteiger partial charge in [-0.25, -0.2) is 0 Å². The van der Waals surface area contributed by atoms with Gasteiger partial charge in [-0.05, 0) is 42.1 Å². The fourth-order valence-corrected chi connectivity index (χ4v) is 3.70. The molecule has 0 aliphatic carbocycles. The van der Waals surface area contributed by atoms with E-state index in [2.05, 4.69) is 10.6 Å². The molecule has 31 heavy (non-hydrogen) atoms. The van der Waals surface area contributed by atoms with Crippen molar-refractivity contribution in [3.8, 4) is 11.5 Å². The molecule has 1 aliphatic heterocycles. The third-order valence-corrected chi connectivity index (χ3v) is 5.39. The van der Waals surface area contributed by atoms with E-state index in [-0.39, 0.29) is 22.2 Å². The van der Waals surface area contributed by atoms with E-state index in [4.69, 9.17) is 21.1 Å². The molecule has 0 aromatic heterocycles. The number of rotatable bonds is 6. The fraction of sp³-hybridized carbons (Fsp3) is 0.0556. The van der Waals surface area contributed by atoms with E-state index in [1.807, 2.05) is 0 Å². The minimum atomic E-state index is -4.41. The van der Waals surface area contributed by atoms with E-state index in [0.29, 0.717) is 5.56 Å². The molecule has 160 valence electrons. The molecule has 0 bridgehead atoms. The van der Waals surface area contributed by atoms with Gasteiger partial charge in [0.2, 0.25) is 0 Å². The Morgan fingerprint density at radius 1 is 1.06 bits per heavy atom. The van der Waals surface area contributed by atoms with Crippen molar-refractivity contribution in [3.05, 3.63) is 63.7 Å². The van der Waals surface area contributed by atoms with Crippen LogP contribution in [0.15, 0.2) is 52.9 Å². The summed E-state index contributed by atoms with van der Waals surface area (Å²) < 4.78 is 35.3. The Morgan fingerprint density at radius 2 is 1.74 bits per heavy atom. The first-order chi connectivity index (χ1) is 14.6. The zero-order valence-electron chi connectivity index (χ0n) is 15.6. The number of carbonyl (C=O) groups excluding carboxylic acids is 2. The molecule has 1 aliphatic rings. The van der Waals surface area contributed by atoms with Crippen LogP contribution in [0.2, 0.25) is 0 Å². The Kier molecular flexibility index (Phi) is 5.99. The highest BCUT2D eigenvalue weighted by Gasteiger charge is 2.26. The standard InChI is InChI=1S/C18H13N3O8S2/c1-28-15-8-10(7-13-16(22)19-18(30)20-17(13)23)5-6-14(15)29-31(26,27)12-4-2-3-11(9-12)21(24)25/h2-9H,1H3,(H2,19,20,22,23,30). The summed E-state index contributed by atoms with van der Waals surface area (Å²) in [4.78, 5) is 33.6. The van der Waals surface area contributed by atoms with Gasteiger partial charge in [-0.15, -0.1) is 0 Å². The second kappa shape index (κ2) is 8.49. The first-order valence-electron chi connectivity index (χ1n) is 8.36. The molecule has 1 heterocycles. The number of hydrogen-bond donors (Lipinski definition) is 2. The van der Waals surface area contributed by atoms with Crippen molar-refractivity contribution in [1.29, 1.82) is 0 Å². The number of nitro groups is 1. The number of non-ortho nitro benzene ring substituents is 1. The highest BCUT2D eigenvalue weighted by molar-refractivity contribution is 7.87. The van der Waals surface area contributed by atoms with Gasteiger partial charge in [0.1, 0.15) is 10.5 Å². The first-order valence-corrected chi connectivity index (χ1v) is 10.2.